The summed E-state index contributed by atoms with van der Waals surface area (Å²) in [7, 11) is -3.64. The second kappa shape index (κ2) is 8.66. The molecule has 164 valence electrons. The number of aromatic nitrogens is 1. The van der Waals surface area contributed by atoms with Crippen LogP contribution in [0.1, 0.15) is 25.8 Å². The van der Waals surface area contributed by atoms with Gasteiger partial charge in [0, 0.05) is 37.9 Å². The van der Waals surface area contributed by atoms with Crippen LogP contribution in [0, 0.1) is 5.92 Å². The quantitative estimate of drug-likeness (QED) is 0.765. The molecule has 0 saturated carbocycles. The van der Waals surface area contributed by atoms with Gasteiger partial charge in [-0.3, -0.25) is 14.5 Å². The van der Waals surface area contributed by atoms with Crippen LogP contribution < -0.4 is 9.62 Å². The van der Waals surface area contributed by atoms with E-state index in [1.807, 2.05) is 36.9 Å². The molecule has 2 atom stereocenters. The highest BCUT2D eigenvalue weighted by atomic mass is 32.2. The van der Waals surface area contributed by atoms with E-state index in [2.05, 4.69) is 19.6 Å². The van der Waals surface area contributed by atoms with Crippen molar-refractivity contribution >= 4 is 27.6 Å². The Balaban J connectivity index is 1.54. The minimum absolute atomic E-state index is 0.0221. The summed E-state index contributed by atoms with van der Waals surface area (Å²) >= 11 is 0. The molecule has 1 N–H and O–H groups in total. The van der Waals surface area contributed by atoms with Crippen LogP contribution in [0.4, 0.5) is 5.82 Å². The van der Waals surface area contributed by atoms with Gasteiger partial charge in [-0.05, 0) is 30.2 Å². The number of piperazine rings is 1. The smallest absolute Gasteiger partial charge is 0.263 e. The van der Waals surface area contributed by atoms with Gasteiger partial charge < -0.3 is 9.80 Å². The van der Waals surface area contributed by atoms with Gasteiger partial charge in [0.05, 0.1) is 4.90 Å². The number of pyridine rings is 1. The molecule has 31 heavy (non-hydrogen) atoms. The molecule has 9 heteroatoms. The first-order chi connectivity index (χ1) is 14.9. The lowest BCUT2D eigenvalue weighted by atomic mass is 9.97. The topological polar surface area (TPSA) is 95.0 Å². The summed E-state index contributed by atoms with van der Waals surface area (Å²) in [6, 6.07) is 11.9. The van der Waals surface area contributed by atoms with Crippen LogP contribution >= 0.6 is 0 Å². The second-order valence-electron chi connectivity index (χ2n) is 7.91. The van der Waals surface area contributed by atoms with Crippen molar-refractivity contribution in [3.05, 3.63) is 54.2 Å². The Morgan fingerprint density at radius 1 is 1.13 bits per heavy atom. The predicted molar refractivity (Wildman–Crippen MR) is 120 cm³/mol. The highest BCUT2D eigenvalue weighted by Gasteiger charge is 2.35. The highest BCUT2D eigenvalue weighted by molar-refractivity contribution is 7.90. The Kier molecular flexibility index (Phi) is 5.95. The van der Waals surface area contributed by atoms with Crippen LogP contribution in [0.2, 0.25) is 0 Å². The summed E-state index contributed by atoms with van der Waals surface area (Å²) in [5, 5.41) is 0. The van der Waals surface area contributed by atoms with Crippen molar-refractivity contribution in [2.75, 3.05) is 31.1 Å². The number of nitrogens with zero attached hydrogens (tertiary/aromatic N) is 4. The zero-order valence-corrected chi connectivity index (χ0v) is 18.5. The number of amides is 1. The fourth-order valence-electron chi connectivity index (χ4n) is 3.90. The van der Waals surface area contributed by atoms with Gasteiger partial charge in [-0.2, -0.15) is 0 Å². The van der Waals surface area contributed by atoms with Crippen LogP contribution in [0.15, 0.2) is 58.5 Å². The van der Waals surface area contributed by atoms with Crippen molar-refractivity contribution in [1.82, 2.24) is 14.6 Å². The molecule has 4 rings (SSSR count). The van der Waals surface area contributed by atoms with Crippen molar-refractivity contribution in [2.24, 2.45) is 10.9 Å². The number of aliphatic imine (C=N–C) groups is 1. The Bertz CT molecular complexity index is 1080. The molecule has 0 unspecified atom stereocenters. The van der Waals surface area contributed by atoms with E-state index in [1.54, 1.807) is 30.5 Å². The van der Waals surface area contributed by atoms with Crippen molar-refractivity contribution in [3.63, 3.8) is 0 Å². The van der Waals surface area contributed by atoms with E-state index in [-0.39, 0.29) is 22.6 Å². The van der Waals surface area contributed by atoms with Gasteiger partial charge in [0.2, 0.25) is 5.91 Å². The fraction of sp³-hybridized carbons (Fsp3) is 0.409. The average Bonchev–Trinajstić information content (AvgIpc) is 3.07. The summed E-state index contributed by atoms with van der Waals surface area (Å²) in [6.07, 6.45) is 2.53. The van der Waals surface area contributed by atoms with Crippen LogP contribution in [0.3, 0.4) is 0 Å². The van der Waals surface area contributed by atoms with Crippen LogP contribution in [-0.2, 0) is 14.8 Å². The van der Waals surface area contributed by atoms with Crippen molar-refractivity contribution in [3.8, 4) is 0 Å². The Morgan fingerprint density at radius 2 is 1.84 bits per heavy atom. The van der Waals surface area contributed by atoms with Gasteiger partial charge in [-0.15, -0.1) is 0 Å². The summed E-state index contributed by atoms with van der Waals surface area (Å²) in [5.41, 5.74) is 0.517. The summed E-state index contributed by atoms with van der Waals surface area (Å²) in [6.45, 7) is 6.54. The Labute approximate surface area is 183 Å². The number of hydrogen-bond acceptors (Lipinski definition) is 6. The number of sulfonamides is 1. The minimum atomic E-state index is -3.64. The molecule has 3 heterocycles. The maximum Gasteiger partial charge on any atom is 0.263 e. The van der Waals surface area contributed by atoms with E-state index >= 15 is 0 Å². The summed E-state index contributed by atoms with van der Waals surface area (Å²) in [4.78, 5) is 26.6. The maximum absolute atomic E-state index is 13.4. The molecule has 1 amide bonds. The van der Waals surface area contributed by atoms with E-state index < -0.39 is 16.1 Å². The van der Waals surface area contributed by atoms with Crippen LogP contribution in [0.5, 0.6) is 0 Å². The van der Waals surface area contributed by atoms with Crippen molar-refractivity contribution in [2.45, 2.75) is 31.2 Å². The average molecular weight is 442 g/mol. The monoisotopic (exact) mass is 441 g/mol. The van der Waals surface area contributed by atoms with Crippen molar-refractivity contribution in [1.29, 1.82) is 0 Å². The molecule has 1 aromatic carbocycles. The number of amidine groups is 1. The normalized spacial score (nSPS) is 20.8. The molecule has 8 nitrogen and oxygen atoms in total. The lowest BCUT2D eigenvalue weighted by Crippen LogP contribution is -2.52. The molecule has 0 bridgehead atoms. The van der Waals surface area contributed by atoms with Gasteiger partial charge in [0.15, 0.2) is 0 Å². The fourth-order valence-corrected chi connectivity index (χ4v) is 5.14. The van der Waals surface area contributed by atoms with E-state index in [9.17, 15) is 13.2 Å². The van der Waals surface area contributed by atoms with E-state index in [0.29, 0.717) is 31.7 Å². The minimum Gasteiger partial charge on any atom is -0.353 e. The molecule has 1 aromatic heterocycles. The summed E-state index contributed by atoms with van der Waals surface area (Å²) < 4.78 is 27.4. The molecule has 2 aromatic rings. The van der Waals surface area contributed by atoms with Gasteiger partial charge in [-0.1, -0.05) is 38.5 Å². The second-order valence-corrected chi connectivity index (χ2v) is 9.56. The third-order valence-corrected chi connectivity index (χ3v) is 7.33. The number of fused-ring (bicyclic) bond motifs is 1. The summed E-state index contributed by atoms with van der Waals surface area (Å²) in [5.74, 6) is 1.07. The lowest BCUT2D eigenvalue weighted by molar-refractivity contribution is -0.133. The number of carbonyl (C=O) groups is 1. The molecule has 2 aliphatic rings. The van der Waals surface area contributed by atoms with E-state index in [0.717, 1.165) is 12.2 Å². The van der Waals surface area contributed by atoms with Gasteiger partial charge in [0.25, 0.3) is 10.0 Å². The van der Waals surface area contributed by atoms with Crippen LogP contribution in [-0.4, -0.2) is 62.3 Å². The molecule has 0 aliphatic carbocycles. The zero-order chi connectivity index (χ0) is 22.0. The largest absolute Gasteiger partial charge is 0.353 e. The van der Waals surface area contributed by atoms with Gasteiger partial charge in [-0.25, -0.2) is 13.4 Å². The van der Waals surface area contributed by atoms with Crippen molar-refractivity contribution < 1.29 is 13.2 Å². The number of rotatable bonds is 5. The number of benzene rings is 1. The number of carbonyl (C=O) groups excluding carboxylic acids is 1. The molecular weight excluding hydrogens is 414 g/mol. The van der Waals surface area contributed by atoms with Crippen LogP contribution in [0.25, 0.3) is 0 Å². The molecule has 2 aliphatic heterocycles. The SMILES string of the molecule is CC[C@H](C)[C@@H](N=C1NS(=O)(=O)c2ccccc21)C(=O)N1CCN(c2ccccn2)CC1. The maximum atomic E-state index is 13.4. The molecule has 0 radical (unpaired) electrons. The number of nitrogens with one attached hydrogen (secondary N) is 1. The third kappa shape index (κ3) is 4.27. The van der Waals surface area contributed by atoms with E-state index in [1.165, 1.54) is 0 Å². The number of hydrogen-bond donors (Lipinski definition) is 1. The highest BCUT2D eigenvalue weighted by Crippen LogP contribution is 2.25. The lowest BCUT2D eigenvalue weighted by Gasteiger charge is -2.37. The van der Waals surface area contributed by atoms with Gasteiger partial charge in [0.1, 0.15) is 17.7 Å². The first-order valence-corrected chi connectivity index (χ1v) is 12.0. The molecular formula is C22H27N5O3S. The first-order valence-electron chi connectivity index (χ1n) is 10.6. The predicted octanol–water partition coefficient (Wildman–Crippen LogP) is 1.88. The number of anilines is 1. The third-order valence-electron chi connectivity index (χ3n) is 5.93. The van der Waals surface area contributed by atoms with Gasteiger partial charge >= 0.3 is 0 Å². The molecule has 1 fully saturated rings. The Morgan fingerprint density at radius 3 is 2.52 bits per heavy atom. The van der Waals surface area contributed by atoms with E-state index in [4.69, 9.17) is 0 Å². The first kappa shape index (κ1) is 21.3. The zero-order valence-electron chi connectivity index (χ0n) is 17.7. The molecule has 0 spiro atoms. The Hall–Kier alpha value is -2.94. The standard InChI is InChI=1S/C22H27N5O3S/c1-3-16(2)20(24-21-17-8-4-5-9-18(17)31(29,30)25-21)22(28)27-14-12-26(13-15-27)19-10-6-7-11-23-19/h4-11,16,20H,3,12-15H2,1-2H3,(H,24,25)/t16-,20+/m0/s1. The molecule has 1 saturated heterocycles.